The molecule has 4 amide bonds. The second-order valence-corrected chi connectivity index (χ2v) is 14.7. The van der Waals surface area contributed by atoms with Crippen LogP contribution in [0.5, 0.6) is 0 Å². The summed E-state index contributed by atoms with van der Waals surface area (Å²) in [6.45, 7) is 8.48. The molecule has 1 unspecified atom stereocenters. The van der Waals surface area contributed by atoms with E-state index in [1.807, 2.05) is 0 Å². The lowest BCUT2D eigenvalue weighted by atomic mass is 9.94. The number of alkyl carbamates (subject to hydrolysis) is 1. The Bertz CT molecular complexity index is 1600. The van der Waals surface area contributed by atoms with Crippen molar-refractivity contribution in [3.63, 3.8) is 0 Å². The largest absolute Gasteiger partial charge is 0.480 e. The van der Waals surface area contributed by atoms with Crippen molar-refractivity contribution < 1.29 is 43.3 Å². The maximum atomic E-state index is 14.0. The first-order valence-electron chi connectivity index (χ1n) is 17.3. The number of nitrogens with zero attached hydrogens (tertiary/aromatic N) is 1. The molecule has 1 saturated heterocycles. The van der Waals surface area contributed by atoms with Gasteiger partial charge in [-0.15, -0.1) is 0 Å². The van der Waals surface area contributed by atoms with Gasteiger partial charge in [0.05, 0.1) is 22.2 Å². The Hall–Kier alpha value is -4.36. The molecule has 0 aliphatic carbocycles. The fraction of sp³-hybridized carbons (Fsp3) is 0.514. The topological polar surface area (TPSA) is 180 Å². The second-order valence-electron chi connectivity index (χ2n) is 13.9. The minimum atomic E-state index is -1.57. The van der Waals surface area contributed by atoms with E-state index in [2.05, 4.69) is 16.0 Å². The Labute approximate surface area is 314 Å². The number of halogens is 2. The van der Waals surface area contributed by atoms with Crippen molar-refractivity contribution in [3.05, 3.63) is 69.7 Å². The molecule has 1 aliphatic heterocycles. The third-order valence-corrected chi connectivity index (χ3v) is 9.33. The normalized spacial score (nSPS) is 16.5. The molecule has 0 spiro atoms. The Kier molecular flexibility index (Phi) is 15.3. The first-order valence-corrected chi connectivity index (χ1v) is 18.0. The summed E-state index contributed by atoms with van der Waals surface area (Å²) in [4.78, 5) is 79.8. The molecule has 52 heavy (non-hydrogen) atoms. The van der Waals surface area contributed by atoms with Gasteiger partial charge in [-0.25, -0.2) is 14.4 Å². The number of carbonyl (C=O) groups excluding carboxylic acids is 5. The number of amides is 4. The number of hydrogen-bond acceptors (Lipinski definition) is 8. The van der Waals surface area contributed by atoms with Crippen LogP contribution in [-0.4, -0.2) is 88.2 Å². The van der Waals surface area contributed by atoms with E-state index in [1.165, 1.54) is 11.8 Å². The summed E-state index contributed by atoms with van der Waals surface area (Å²) in [6, 6.07) is 9.89. The van der Waals surface area contributed by atoms with E-state index in [0.717, 1.165) is 0 Å². The molecule has 284 valence electrons. The number of benzene rings is 2. The molecular weight excluding hydrogens is 715 g/mol. The van der Waals surface area contributed by atoms with Gasteiger partial charge in [-0.1, -0.05) is 54.4 Å². The zero-order valence-corrected chi connectivity index (χ0v) is 31.6. The number of hydrogen-bond donors (Lipinski definition) is 4. The van der Waals surface area contributed by atoms with Crippen molar-refractivity contribution in [3.8, 4) is 0 Å². The number of nitrogens with one attached hydrogen (secondary N) is 3. The van der Waals surface area contributed by atoms with Gasteiger partial charge in [-0.3, -0.25) is 14.4 Å². The van der Waals surface area contributed by atoms with Gasteiger partial charge >= 0.3 is 18.0 Å². The van der Waals surface area contributed by atoms with E-state index in [4.69, 9.17) is 32.7 Å². The van der Waals surface area contributed by atoms with Crippen LogP contribution in [-0.2, 0) is 35.1 Å². The van der Waals surface area contributed by atoms with Crippen LogP contribution in [0.4, 0.5) is 4.79 Å². The zero-order chi connectivity index (χ0) is 38.6. The lowest BCUT2D eigenvalue weighted by Gasteiger charge is -2.34. The Balaban J connectivity index is 1.76. The Morgan fingerprint density at radius 2 is 1.63 bits per heavy atom. The Morgan fingerprint density at radius 3 is 2.25 bits per heavy atom. The zero-order valence-electron chi connectivity index (χ0n) is 30.1. The molecule has 0 radical (unpaired) electrons. The number of likely N-dealkylation sites (tertiary alicyclic amines) is 1. The van der Waals surface area contributed by atoms with Gasteiger partial charge in [0.1, 0.15) is 29.3 Å². The maximum absolute atomic E-state index is 14.0. The van der Waals surface area contributed by atoms with Crippen LogP contribution in [0.15, 0.2) is 48.5 Å². The van der Waals surface area contributed by atoms with Gasteiger partial charge in [0.2, 0.25) is 17.7 Å². The molecule has 15 heteroatoms. The number of carboxylic acid groups (broad SMARTS) is 1. The van der Waals surface area contributed by atoms with Crippen molar-refractivity contribution in [2.24, 2.45) is 0 Å². The molecular formula is C37H48Cl2N4O9. The van der Waals surface area contributed by atoms with Crippen molar-refractivity contribution in [2.45, 2.75) is 109 Å². The number of carbonyl (C=O) groups is 6. The summed E-state index contributed by atoms with van der Waals surface area (Å²) < 4.78 is 10.7. The first-order chi connectivity index (χ1) is 24.4. The third kappa shape index (κ3) is 12.4. The van der Waals surface area contributed by atoms with Crippen LogP contribution in [0.3, 0.4) is 0 Å². The monoisotopic (exact) mass is 762 g/mol. The number of ether oxygens (including phenoxy) is 2. The summed E-state index contributed by atoms with van der Waals surface area (Å²) in [5.74, 6) is -3.59. The highest BCUT2D eigenvalue weighted by atomic mass is 35.5. The molecule has 2 aromatic rings. The van der Waals surface area contributed by atoms with E-state index >= 15 is 0 Å². The molecule has 1 fully saturated rings. The third-order valence-electron chi connectivity index (χ3n) is 8.59. The van der Waals surface area contributed by atoms with E-state index in [-0.39, 0.29) is 43.9 Å². The van der Waals surface area contributed by atoms with Crippen LogP contribution in [0, 0.1) is 0 Å². The quantitative estimate of drug-likeness (QED) is 0.130. The van der Waals surface area contributed by atoms with Crippen LogP contribution < -0.4 is 16.0 Å². The van der Waals surface area contributed by atoms with Crippen LogP contribution in [0.2, 0.25) is 10.0 Å². The molecule has 0 saturated carbocycles. The van der Waals surface area contributed by atoms with Crippen molar-refractivity contribution in [2.75, 3.05) is 13.2 Å². The Morgan fingerprint density at radius 1 is 0.942 bits per heavy atom. The fourth-order valence-electron chi connectivity index (χ4n) is 5.56. The van der Waals surface area contributed by atoms with Gasteiger partial charge < -0.3 is 35.4 Å². The highest BCUT2D eigenvalue weighted by molar-refractivity contribution is 6.42. The predicted molar refractivity (Wildman–Crippen MR) is 195 cm³/mol. The minimum Gasteiger partial charge on any atom is -0.480 e. The summed E-state index contributed by atoms with van der Waals surface area (Å²) in [5.41, 5.74) is -1.44. The fourth-order valence-corrected chi connectivity index (χ4v) is 5.88. The van der Waals surface area contributed by atoms with Crippen molar-refractivity contribution in [1.82, 2.24) is 20.9 Å². The van der Waals surface area contributed by atoms with Crippen LogP contribution >= 0.6 is 23.2 Å². The smallest absolute Gasteiger partial charge is 0.408 e. The van der Waals surface area contributed by atoms with Crippen molar-refractivity contribution >= 4 is 59.0 Å². The molecule has 2 aromatic carbocycles. The maximum Gasteiger partial charge on any atom is 0.408 e. The predicted octanol–water partition coefficient (Wildman–Crippen LogP) is 5.30. The van der Waals surface area contributed by atoms with Gasteiger partial charge in [0.15, 0.2) is 0 Å². The summed E-state index contributed by atoms with van der Waals surface area (Å²) in [5, 5.41) is 18.4. The van der Waals surface area contributed by atoms with Gasteiger partial charge in [-0.2, -0.15) is 0 Å². The summed E-state index contributed by atoms with van der Waals surface area (Å²) in [6.07, 6.45) is 0.863. The van der Waals surface area contributed by atoms with Crippen molar-refractivity contribution in [1.29, 1.82) is 0 Å². The average Bonchev–Trinajstić information content (AvgIpc) is 3.58. The van der Waals surface area contributed by atoms with E-state index < -0.39 is 65.0 Å². The molecule has 1 aliphatic rings. The highest BCUT2D eigenvalue weighted by Gasteiger charge is 2.41. The molecule has 0 aromatic heterocycles. The molecule has 0 bridgehead atoms. The second kappa shape index (κ2) is 18.9. The summed E-state index contributed by atoms with van der Waals surface area (Å²) >= 11 is 12.3. The molecule has 4 atom stereocenters. The first kappa shape index (κ1) is 42.1. The summed E-state index contributed by atoms with van der Waals surface area (Å²) in [7, 11) is 0. The molecule has 1 heterocycles. The lowest BCUT2D eigenvalue weighted by Crippen LogP contribution is -2.63. The number of esters is 1. The van der Waals surface area contributed by atoms with Gasteiger partial charge in [-0.05, 0) is 96.0 Å². The number of unbranched alkanes of at least 4 members (excludes halogenated alkanes) is 1. The van der Waals surface area contributed by atoms with Gasteiger partial charge in [0, 0.05) is 13.0 Å². The average molecular weight is 764 g/mol. The highest BCUT2D eigenvalue weighted by Crippen LogP contribution is 2.25. The number of rotatable bonds is 16. The number of aliphatic carboxylic acids is 1. The van der Waals surface area contributed by atoms with Crippen LogP contribution in [0.1, 0.15) is 89.1 Å². The van der Waals surface area contributed by atoms with Crippen LogP contribution in [0.25, 0.3) is 0 Å². The van der Waals surface area contributed by atoms with Gasteiger partial charge in [0.25, 0.3) is 0 Å². The van der Waals surface area contributed by atoms with E-state index in [1.54, 1.807) is 76.2 Å². The number of carboxylic acids is 1. The molecule has 3 rings (SSSR count). The lowest BCUT2D eigenvalue weighted by molar-refractivity contribution is -0.149. The molecule has 4 N–H and O–H groups in total. The SMILES string of the molecule is CC[C@](C)(NC(=O)[C@H](CCCCOC(=O)c1ccccc1)NC(=O)OC(C)(C)C)C(=O)NC(Cc1ccc(Cl)c(Cl)c1)C(=O)N1CCC[C@@H]1C(=O)O. The molecule has 13 nitrogen and oxygen atoms in total. The minimum absolute atomic E-state index is 0.0320. The van der Waals surface area contributed by atoms with E-state index in [0.29, 0.717) is 35.4 Å². The van der Waals surface area contributed by atoms with E-state index in [9.17, 15) is 33.9 Å². The standard InChI is InChI=1S/C37H48Cl2N4O9/c1-6-37(5,34(49)40-28(22-23-17-18-25(38)26(39)21-23)31(45)43-19-12-16-29(43)32(46)47)42-30(44)27(41-35(50)52-36(2,3)4)15-10-11-20-51-33(48)24-13-8-7-9-14-24/h7-9,13-14,17-18,21,27-29H,6,10-12,15-16,19-20,22H2,1-5H3,(H,40,49)(H,41,50)(H,42,44)(H,46,47)/t27-,28?,29+,37-/m0/s1.